The molecule has 5 saturated carbocycles. The Labute approximate surface area is 320 Å². The topological polar surface area (TPSA) is 72.9 Å². The highest BCUT2D eigenvalue weighted by molar-refractivity contribution is 5.88. The van der Waals surface area contributed by atoms with Crippen molar-refractivity contribution in [3.8, 4) is 0 Å². The number of carboxylic acid groups (broad SMARTS) is 1. The number of hydrogen-bond acceptors (Lipinski definition) is 4. The number of fused-ring (bicyclic) bond motifs is 7. The predicted molar refractivity (Wildman–Crippen MR) is 214 cm³/mol. The maximum atomic E-state index is 12.8. The summed E-state index contributed by atoms with van der Waals surface area (Å²) in [4.78, 5) is 29.2. The summed E-state index contributed by atoms with van der Waals surface area (Å²) in [6.45, 7) is 26.0. The minimum absolute atomic E-state index is 0.0255. The van der Waals surface area contributed by atoms with Crippen LogP contribution in [0.3, 0.4) is 0 Å². The van der Waals surface area contributed by atoms with Gasteiger partial charge in [-0.05, 0) is 152 Å². The minimum atomic E-state index is -0.859. The highest BCUT2D eigenvalue weighted by atomic mass is 16.4. The molecule has 6 fully saturated rings. The van der Waals surface area contributed by atoms with Crippen LogP contribution in [0.25, 0.3) is 5.57 Å². The zero-order chi connectivity index (χ0) is 37.6. The average Bonchev–Trinajstić information content (AvgIpc) is 3.48. The summed E-state index contributed by atoms with van der Waals surface area (Å²) in [5.74, 6) is 3.14. The first-order valence-corrected chi connectivity index (χ1v) is 21.6. The third-order valence-corrected chi connectivity index (χ3v) is 18.1. The Morgan fingerprint density at radius 2 is 1.57 bits per heavy atom. The first-order valence-electron chi connectivity index (χ1n) is 21.6. The Balaban J connectivity index is 0.995. The van der Waals surface area contributed by atoms with Gasteiger partial charge in [0.25, 0.3) is 0 Å². The van der Waals surface area contributed by atoms with E-state index in [1.54, 1.807) is 12.1 Å². The van der Waals surface area contributed by atoms with E-state index in [9.17, 15) is 14.7 Å². The number of nitrogens with zero attached hydrogens (tertiary/aromatic N) is 2. The Bertz CT molecular complexity index is 1640. The lowest BCUT2D eigenvalue weighted by Crippen LogP contribution is -2.68. The standard InChI is InChI=1S/C47H69N3O3/c1-31(2)35-17-22-47(48-25-26-49-27-29-50(30-28-49)41(51)33-9-8-10-33)24-23-45(6)37(40(35)47)15-16-39-44(5)20-18-36(32-11-13-34(14-12-32)42(52)53)43(3,4)38(44)19-21-46(39,45)7/h11-14,18,33,35,37-40,48H,1,8-10,15-17,19-30H2,2-7H3,(H,52,53)/t35-,37+,38-,39+,40+,44-,45+,46+,47-/m0/s1. The maximum Gasteiger partial charge on any atom is 0.335 e. The van der Waals surface area contributed by atoms with E-state index in [2.05, 4.69) is 69.3 Å². The Morgan fingerprint density at radius 1 is 0.849 bits per heavy atom. The van der Waals surface area contributed by atoms with E-state index in [-0.39, 0.29) is 16.4 Å². The van der Waals surface area contributed by atoms with Crippen molar-refractivity contribution < 1.29 is 14.7 Å². The van der Waals surface area contributed by atoms with Crippen LogP contribution in [-0.4, -0.2) is 71.6 Å². The van der Waals surface area contributed by atoms with Crippen LogP contribution >= 0.6 is 0 Å². The van der Waals surface area contributed by atoms with Crippen LogP contribution in [0.2, 0.25) is 0 Å². The molecular formula is C47H69N3O3. The molecule has 1 aromatic carbocycles. The van der Waals surface area contributed by atoms with Crippen molar-refractivity contribution in [2.75, 3.05) is 39.3 Å². The van der Waals surface area contributed by atoms with E-state index >= 15 is 0 Å². The molecule has 6 nitrogen and oxygen atoms in total. The molecule has 0 bridgehead atoms. The molecule has 1 aromatic rings. The van der Waals surface area contributed by atoms with Crippen LogP contribution in [0.15, 0.2) is 42.5 Å². The fraction of sp³-hybridized carbons (Fsp3) is 0.745. The lowest BCUT2D eigenvalue weighted by Gasteiger charge is -2.72. The first-order chi connectivity index (χ1) is 25.1. The van der Waals surface area contributed by atoms with Gasteiger partial charge in [0.15, 0.2) is 0 Å². The summed E-state index contributed by atoms with van der Waals surface area (Å²) in [7, 11) is 0. The van der Waals surface area contributed by atoms with E-state index in [1.165, 1.54) is 74.5 Å². The van der Waals surface area contributed by atoms with E-state index in [4.69, 9.17) is 0 Å². The van der Waals surface area contributed by atoms with Crippen molar-refractivity contribution in [2.24, 2.45) is 57.2 Å². The molecule has 7 aliphatic rings. The third kappa shape index (κ3) is 5.76. The van der Waals surface area contributed by atoms with E-state index < -0.39 is 5.97 Å². The molecule has 1 aliphatic heterocycles. The van der Waals surface area contributed by atoms with Crippen LogP contribution in [0.5, 0.6) is 0 Å². The average molecular weight is 724 g/mol. The fourth-order valence-electron chi connectivity index (χ4n) is 14.9. The van der Waals surface area contributed by atoms with Gasteiger partial charge in [0.2, 0.25) is 5.91 Å². The molecule has 8 rings (SSSR count). The van der Waals surface area contributed by atoms with Gasteiger partial charge in [-0.25, -0.2) is 4.79 Å². The summed E-state index contributed by atoms with van der Waals surface area (Å²) in [5, 5.41) is 13.8. The van der Waals surface area contributed by atoms with Crippen LogP contribution in [0.4, 0.5) is 0 Å². The molecule has 1 saturated heterocycles. The quantitative estimate of drug-likeness (QED) is 0.262. The number of allylic oxidation sites excluding steroid dienone is 3. The number of benzene rings is 1. The first kappa shape index (κ1) is 37.5. The Morgan fingerprint density at radius 3 is 2.21 bits per heavy atom. The Kier molecular flexibility index (Phi) is 9.44. The molecule has 9 atom stereocenters. The number of piperazine rings is 1. The molecule has 290 valence electrons. The van der Waals surface area contributed by atoms with Gasteiger partial charge in [-0.1, -0.05) is 71.4 Å². The number of rotatable bonds is 8. The van der Waals surface area contributed by atoms with Crippen LogP contribution in [0.1, 0.15) is 135 Å². The molecule has 0 aromatic heterocycles. The highest BCUT2D eigenvalue weighted by Gasteiger charge is 2.70. The van der Waals surface area contributed by atoms with Crippen molar-refractivity contribution >= 4 is 17.4 Å². The number of amides is 1. The molecule has 6 heteroatoms. The molecule has 53 heavy (non-hydrogen) atoms. The van der Waals surface area contributed by atoms with Gasteiger partial charge in [-0.2, -0.15) is 0 Å². The number of hydrogen-bond donors (Lipinski definition) is 2. The number of carboxylic acids is 1. The second-order valence-electron chi connectivity index (χ2n) is 20.5. The van der Waals surface area contributed by atoms with Gasteiger partial charge in [0, 0.05) is 50.7 Å². The molecular weight excluding hydrogens is 655 g/mol. The molecule has 1 heterocycles. The van der Waals surface area contributed by atoms with E-state index in [1.807, 2.05) is 12.1 Å². The van der Waals surface area contributed by atoms with E-state index in [0.717, 1.165) is 58.5 Å². The molecule has 0 unspecified atom stereocenters. The van der Waals surface area contributed by atoms with Crippen molar-refractivity contribution in [1.82, 2.24) is 15.1 Å². The summed E-state index contributed by atoms with van der Waals surface area (Å²) in [5.41, 5.74) is 5.46. The summed E-state index contributed by atoms with van der Waals surface area (Å²) >= 11 is 0. The van der Waals surface area contributed by atoms with Crippen LogP contribution in [0, 0.1) is 57.2 Å². The summed E-state index contributed by atoms with van der Waals surface area (Å²) in [6, 6.07) is 7.64. The minimum Gasteiger partial charge on any atom is -0.478 e. The van der Waals surface area contributed by atoms with Gasteiger partial charge in [0.05, 0.1) is 5.56 Å². The van der Waals surface area contributed by atoms with Crippen molar-refractivity contribution in [3.63, 3.8) is 0 Å². The van der Waals surface area contributed by atoms with Crippen LogP contribution in [-0.2, 0) is 4.79 Å². The predicted octanol–water partition coefficient (Wildman–Crippen LogP) is 9.32. The number of carbonyl (C=O) groups excluding carboxylic acids is 1. The van der Waals surface area contributed by atoms with Crippen molar-refractivity contribution in [2.45, 2.75) is 124 Å². The van der Waals surface area contributed by atoms with Crippen molar-refractivity contribution in [3.05, 3.63) is 53.6 Å². The largest absolute Gasteiger partial charge is 0.478 e. The molecule has 6 aliphatic carbocycles. The lowest BCUT2D eigenvalue weighted by atomic mass is 9.33. The van der Waals surface area contributed by atoms with Gasteiger partial charge >= 0.3 is 5.97 Å². The SMILES string of the molecule is C=C(C)[C@@H]1CC[C@]2(NCCN3CCN(C(=O)C4CCC4)CC3)CC[C@]3(C)[C@H](CC[C@@H]4[C@@]5(C)CC=C(c6ccc(C(=O)O)cc6)C(C)(C)[C@@H]5CC[C@]43C)[C@@H]12. The number of carbonyl (C=O) groups is 2. The number of nitrogens with one attached hydrogen (secondary N) is 1. The zero-order valence-electron chi connectivity index (χ0n) is 33.9. The lowest BCUT2D eigenvalue weighted by molar-refractivity contribution is -0.219. The zero-order valence-corrected chi connectivity index (χ0v) is 33.9. The van der Waals surface area contributed by atoms with Crippen molar-refractivity contribution in [1.29, 1.82) is 0 Å². The van der Waals surface area contributed by atoms with Gasteiger partial charge in [-0.3, -0.25) is 9.69 Å². The number of aromatic carboxylic acids is 1. The monoisotopic (exact) mass is 724 g/mol. The summed E-state index contributed by atoms with van der Waals surface area (Å²) in [6.07, 6.45) is 17.5. The van der Waals surface area contributed by atoms with Gasteiger partial charge in [0.1, 0.15) is 0 Å². The van der Waals surface area contributed by atoms with Gasteiger partial charge < -0.3 is 15.3 Å². The van der Waals surface area contributed by atoms with Crippen LogP contribution < -0.4 is 5.32 Å². The normalized spacial score (nSPS) is 40.9. The van der Waals surface area contributed by atoms with Gasteiger partial charge in [-0.15, -0.1) is 0 Å². The Hall–Kier alpha value is -2.44. The molecule has 1 amide bonds. The second kappa shape index (κ2) is 13.4. The third-order valence-electron chi connectivity index (χ3n) is 18.1. The highest BCUT2D eigenvalue weighted by Crippen LogP contribution is 2.76. The second-order valence-corrected chi connectivity index (χ2v) is 20.5. The van der Waals surface area contributed by atoms with E-state index in [0.29, 0.717) is 57.8 Å². The summed E-state index contributed by atoms with van der Waals surface area (Å²) < 4.78 is 0. The molecule has 2 N–H and O–H groups in total. The smallest absolute Gasteiger partial charge is 0.335 e. The molecule has 0 radical (unpaired) electrons. The molecule has 0 spiro atoms. The maximum absolute atomic E-state index is 12.8. The fourth-order valence-corrected chi connectivity index (χ4v) is 14.9.